The standard InChI is InChI=1S/C52H39N3/c1-52(2,3)35-27-28-41-49(33-35)54(37-18-8-5-9-19-37)47-30-31-48-50(51(41)47)40-22-12-15-25-45(40)55(48)43-23-13-10-20-38(43)34-26-29-46-42(32-34)39-21-11-14-24-44(39)53(46)36-16-6-4-7-17-36/h4-33H,1-3H3. The molecule has 0 fully saturated rings. The first-order valence-electron chi connectivity index (χ1n) is 19.2. The van der Waals surface area contributed by atoms with E-state index in [9.17, 15) is 0 Å². The van der Waals surface area contributed by atoms with E-state index >= 15 is 0 Å². The van der Waals surface area contributed by atoms with Crippen molar-refractivity contribution in [2.75, 3.05) is 0 Å². The van der Waals surface area contributed by atoms with Crippen LogP contribution in [-0.4, -0.2) is 13.7 Å². The van der Waals surface area contributed by atoms with Gasteiger partial charge in [-0.1, -0.05) is 130 Å². The summed E-state index contributed by atoms with van der Waals surface area (Å²) < 4.78 is 7.33. The molecule has 0 N–H and O–H groups in total. The number of para-hydroxylation sites is 5. The third kappa shape index (κ3) is 4.69. The molecule has 0 aliphatic carbocycles. The highest BCUT2D eigenvalue weighted by molar-refractivity contribution is 6.29. The zero-order valence-corrected chi connectivity index (χ0v) is 31.2. The predicted molar refractivity (Wildman–Crippen MR) is 234 cm³/mol. The van der Waals surface area contributed by atoms with Crippen molar-refractivity contribution in [2.24, 2.45) is 0 Å². The molecule has 0 amide bonds. The van der Waals surface area contributed by atoms with Gasteiger partial charge in [0.2, 0.25) is 0 Å². The topological polar surface area (TPSA) is 14.8 Å². The maximum absolute atomic E-state index is 2.49. The summed E-state index contributed by atoms with van der Waals surface area (Å²) in [6.45, 7) is 6.89. The third-order valence-corrected chi connectivity index (χ3v) is 11.6. The van der Waals surface area contributed by atoms with E-state index in [-0.39, 0.29) is 5.41 Å². The molecule has 11 aromatic rings. The van der Waals surface area contributed by atoms with Crippen LogP contribution in [0.4, 0.5) is 0 Å². The van der Waals surface area contributed by atoms with Gasteiger partial charge >= 0.3 is 0 Å². The van der Waals surface area contributed by atoms with E-state index in [1.807, 2.05) is 0 Å². The second-order valence-electron chi connectivity index (χ2n) is 15.8. The van der Waals surface area contributed by atoms with Crippen LogP contribution in [0.25, 0.3) is 93.6 Å². The van der Waals surface area contributed by atoms with Gasteiger partial charge in [0, 0.05) is 49.3 Å². The zero-order valence-electron chi connectivity index (χ0n) is 31.2. The first kappa shape index (κ1) is 31.7. The van der Waals surface area contributed by atoms with Crippen LogP contribution >= 0.6 is 0 Å². The summed E-state index contributed by atoms with van der Waals surface area (Å²) in [4.78, 5) is 0. The Morgan fingerprint density at radius 1 is 0.345 bits per heavy atom. The molecule has 0 unspecified atom stereocenters. The normalized spacial score (nSPS) is 12.3. The van der Waals surface area contributed by atoms with Gasteiger partial charge in [-0.3, -0.25) is 0 Å². The molecule has 3 heteroatoms. The Balaban J connectivity index is 1.20. The number of hydrogen-bond donors (Lipinski definition) is 0. The molecule has 11 rings (SSSR count). The summed E-state index contributed by atoms with van der Waals surface area (Å²) in [6.07, 6.45) is 0. The average molecular weight is 706 g/mol. The van der Waals surface area contributed by atoms with Crippen molar-refractivity contribution in [3.63, 3.8) is 0 Å². The van der Waals surface area contributed by atoms with Gasteiger partial charge < -0.3 is 13.7 Å². The predicted octanol–water partition coefficient (Wildman–Crippen LogP) is 13.9. The lowest BCUT2D eigenvalue weighted by Crippen LogP contribution is -2.10. The molecule has 3 aromatic heterocycles. The molecule has 0 spiro atoms. The second-order valence-corrected chi connectivity index (χ2v) is 15.8. The van der Waals surface area contributed by atoms with Gasteiger partial charge in [-0.05, 0) is 89.3 Å². The van der Waals surface area contributed by atoms with E-state index in [2.05, 4.69) is 216 Å². The highest BCUT2D eigenvalue weighted by atomic mass is 15.0. The average Bonchev–Trinajstić information content (AvgIpc) is 3.86. The highest BCUT2D eigenvalue weighted by Gasteiger charge is 2.24. The van der Waals surface area contributed by atoms with Crippen molar-refractivity contribution >= 4 is 65.4 Å². The lowest BCUT2D eigenvalue weighted by molar-refractivity contribution is 0.591. The molecule has 0 aliphatic heterocycles. The van der Waals surface area contributed by atoms with Crippen molar-refractivity contribution < 1.29 is 0 Å². The van der Waals surface area contributed by atoms with Crippen LogP contribution in [0.3, 0.4) is 0 Å². The van der Waals surface area contributed by atoms with E-state index in [1.165, 1.54) is 99.2 Å². The molecule has 0 radical (unpaired) electrons. The Morgan fingerprint density at radius 2 is 0.855 bits per heavy atom. The number of benzene rings is 8. The summed E-state index contributed by atoms with van der Waals surface area (Å²) in [7, 11) is 0. The molecular weight excluding hydrogens is 667 g/mol. The van der Waals surface area contributed by atoms with Crippen molar-refractivity contribution in [1.29, 1.82) is 0 Å². The maximum Gasteiger partial charge on any atom is 0.0549 e. The summed E-state index contributed by atoms with van der Waals surface area (Å²) in [5.41, 5.74) is 14.5. The molecule has 8 aromatic carbocycles. The third-order valence-electron chi connectivity index (χ3n) is 11.6. The first-order chi connectivity index (χ1) is 27.0. The van der Waals surface area contributed by atoms with E-state index < -0.39 is 0 Å². The van der Waals surface area contributed by atoms with Gasteiger partial charge in [0.15, 0.2) is 0 Å². The minimum atomic E-state index is 0.0285. The van der Waals surface area contributed by atoms with Crippen molar-refractivity contribution in [3.8, 4) is 28.2 Å². The Kier molecular flexibility index (Phi) is 6.81. The van der Waals surface area contributed by atoms with Crippen molar-refractivity contribution in [1.82, 2.24) is 13.7 Å². The minimum Gasteiger partial charge on any atom is -0.309 e. The van der Waals surface area contributed by atoms with Crippen LogP contribution in [0.15, 0.2) is 182 Å². The van der Waals surface area contributed by atoms with Gasteiger partial charge in [-0.15, -0.1) is 0 Å². The molecule has 0 bridgehead atoms. The van der Waals surface area contributed by atoms with Crippen LogP contribution in [0.5, 0.6) is 0 Å². The summed E-state index contributed by atoms with van der Waals surface area (Å²) in [5.74, 6) is 0. The fraction of sp³-hybridized carbons (Fsp3) is 0.0769. The Hall–Kier alpha value is -6.84. The number of aromatic nitrogens is 3. The molecule has 262 valence electrons. The maximum atomic E-state index is 2.49. The van der Waals surface area contributed by atoms with Gasteiger partial charge in [0.05, 0.1) is 38.8 Å². The van der Waals surface area contributed by atoms with Crippen LogP contribution in [0.1, 0.15) is 26.3 Å². The lowest BCUT2D eigenvalue weighted by Gasteiger charge is -2.19. The molecular formula is C52H39N3. The minimum absolute atomic E-state index is 0.0285. The van der Waals surface area contributed by atoms with Crippen LogP contribution in [0.2, 0.25) is 0 Å². The van der Waals surface area contributed by atoms with Crippen LogP contribution in [0, 0.1) is 0 Å². The summed E-state index contributed by atoms with van der Waals surface area (Å²) in [5, 5.41) is 7.61. The quantitative estimate of drug-likeness (QED) is 0.173. The largest absolute Gasteiger partial charge is 0.309 e. The van der Waals surface area contributed by atoms with Crippen molar-refractivity contribution in [2.45, 2.75) is 26.2 Å². The molecule has 0 saturated carbocycles. The van der Waals surface area contributed by atoms with Crippen molar-refractivity contribution in [3.05, 3.63) is 188 Å². The Morgan fingerprint density at radius 3 is 1.55 bits per heavy atom. The van der Waals surface area contributed by atoms with Gasteiger partial charge in [0.25, 0.3) is 0 Å². The van der Waals surface area contributed by atoms with Gasteiger partial charge in [-0.2, -0.15) is 0 Å². The number of hydrogen-bond acceptors (Lipinski definition) is 0. The second kappa shape index (κ2) is 11.8. The zero-order chi connectivity index (χ0) is 36.8. The number of rotatable bonds is 4. The molecule has 3 nitrogen and oxygen atoms in total. The van der Waals surface area contributed by atoms with E-state index in [1.54, 1.807) is 0 Å². The van der Waals surface area contributed by atoms with Gasteiger partial charge in [-0.25, -0.2) is 0 Å². The smallest absolute Gasteiger partial charge is 0.0549 e. The Labute approximate surface area is 319 Å². The van der Waals surface area contributed by atoms with E-state index in [0.717, 1.165) is 0 Å². The lowest BCUT2D eigenvalue weighted by atomic mass is 9.86. The molecule has 0 aliphatic rings. The van der Waals surface area contributed by atoms with E-state index in [0.29, 0.717) is 0 Å². The molecule has 55 heavy (non-hydrogen) atoms. The van der Waals surface area contributed by atoms with Crippen LogP contribution in [-0.2, 0) is 5.41 Å². The summed E-state index contributed by atoms with van der Waals surface area (Å²) >= 11 is 0. The van der Waals surface area contributed by atoms with Crippen LogP contribution < -0.4 is 0 Å². The van der Waals surface area contributed by atoms with E-state index in [4.69, 9.17) is 0 Å². The fourth-order valence-corrected chi connectivity index (χ4v) is 9.06. The molecule has 0 saturated heterocycles. The Bertz CT molecular complexity index is 3280. The summed E-state index contributed by atoms with van der Waals surface area (Å²) in [6, 6.07) is 66.9. The fourth-order valence-electron chi connectivity index (χ4n) is 9.06. The monoisotopic (exact) mass is 705 g/mol. The van der Waals surface area contributed by atoms with Gasteiger partial charge in [0.1, 0.15) is 0 Å². The highest BCUT2D eigenvalue weighted by Crippen LogP contribution is 2.45. The first-order valence-corrected chi connectivity index (χ1v) is 19.2. The molecule has 0 atom stereocenters. The number of nitrogens with zero attached hydrogens (tertiary/aromatic N) is 3. The number of fused-ring (bicyclic) bond motifs is 10. The molecule has 3 heterocycles. The SMILES string of the molecule is CC(C)(C)c1ccc2c3c4c5ccccc5n(-c5ccccc5-c5ccc6c(c5)c5ccccc5n6-c5ccccc5)c4ccc3n(-c3ccccc3)c2c1.